The van der Waals surface area contributed by atoms with Gasteiger partial charge in [-0.1, -0.05) is 0 Å². The molecular formula is C16H19F3N6. The second-order valence-electron chi connectivity index (χ2n) is 6.10. The number of alkyl halides is 3. The van der Waals surface area contributed by atoms with Crippen LogP contribution in [0.15, 0.2) is 31.0 Å². The average Bonchev–Trinajstić information content (AvgIpc) is 2.61. The van der Waals surface area contributed by atoms with Crippen molar-refractivity contribution >= 4 is 5.82 Å². The fourth-order valence-corrected chi connectivity index (χ4v) is 3.01. The number of piperidine rings is 1. The molecule has 6 nitrogen and oxygen atoms in total. The topological polar surface area (TPSA) is 58.0 Å². The van der Waals surface area contributed by atoms with Crippen LogP contribution in [0.3, 0.4) is 0 Å². The first-order valence-corrected chi connectivity index (χ1v) is 8.03. The molecule has 3 rings (SSSR count). The van der Waals surface area contributed by atoms with Gasteiger partial charge in [0.05, 0.1) is 5.69 Å². The van der Waals surface area contributed by atoms with E-state index in [-0.39, 0.29) is 11.9 Å². The molecule has 0 saturated carbocycles. The average molecular weight is 352 g/mol. The van der Waals surface area contributed by atoms with Crippen LogP contribution >= 0.6 is 0 Å². The maximum Gasteiger partial charge on any atom is 0.433 e. The Balaban J connectivity index is 1.68. The van der Waals surface area contributed by atoms with E-state index in [0.29, 0.717) is 6.54 Å². The van der Waals surface area contributed by atoms with Gasteiger partial charge in [-0.15, -0.1) is 0 Å². The van der Waals surface area contributed by atoms with Crippen molar-refractivity contribution in [2.45, 2.75) is 31.6 Å². The summed E-state index contributed by atoms with van der Waals surface area (Å²) < 4.78 is 38.5. The van der Waals surface area contributed by atoms with Crippen LogP contribution in [-0.2, 0) is 12.7 Å². The number of aromatic nitrogens is 4. The first kappa shape index (κ1) is 17.5. The molecule has 9 heteroatoms. The summed E-state index contributed by atoms with van der Waals surface area (Å²) in [6, 6.07) is 1.09. The van der Waals surface area contributed by atoms with E-state index >= 15 is 0 Å². The Hall–Kier alpha value is -2.29. The summed E-state index contributed by atoms with van der Waals surface area (Å²) in [5.41, 5.74) is -0.0382. The van der Waals surface area contributed by atoms with Crippen LogP contribution in [0, 0.1) is 0 Å². The Morgan fingerprint density at radius 2 is 2.08 bits per heavy atom. The van der Waals surface area contributed by atoms with Crippen LogP contribution in [0.5, 0.6) is 0 Å². The Morgan fingerprint density at radius 1 is 1.24 bits per heavy atom. The molecule has 1 atom stereocenters. The molecule has 0 bridgehead atoms. The molecule has 25 heavy (non-hydrogen) atoms. The Bertz CT molecular complexity index is 694. The first-order chi connectivity index (χ1) is 11.9. The molecule has 0 spiro atoms. The lowest BCUT2D eigenvalue weighted by atomic mass is 10.0. The molecule has 1 unspecified atom stereocenters. The summed E-state index contributed by atoms with van der Waals surface area (Å²) in [5, 5.41) is 0. The third kappa shape index (κ3) is 4.41. The first-order valence-electron chi connectivity index (χ1n) is 8.03. The van der Waals surface area contributed by atoms with Crippen LogP contribution in [0.2, 0.25) is 0 Å². The predicted octanol–water partition coefficient (Wildman–Crippen LogP) is 2.39. The fourth-order valence-electron chi connectivity index (χ4n) is 3.01. The van der Waals surface area contributed by atoms with Gasteiger partial charge in [-0.3, -0.25) is 14.9 Å². The lowest BCUT2D eigenvalue weighted by Gasteiger charge is -2.38. The van der Waals surface area contributed by atoms with Gasteiger partial charge >= 0.3 is 6.18 Å². The van der Waals surface area contributed by atoms with E-state index in [0.717, 1.165) is 44.0 Å². The van der Waals surface area contributed by atoms with Crippen molar-refractivity contribution in [3.05, 3.63) is 42.4 Å². The van der Waals surface area contributed by atoms with Crippen LogP contribution in [0.1, 0.15) is 24.2 Å². The monoisotopic (exact) mass is 352 g/mol. The zero-order chi connectivity index (χ0) is 17.9. The van der Waals surface area contributed by atoms with Gasteiger partial charge in [0.1, 0.15) is 17.8 Å². The highest BCUT2D eigenvalue weighted by molar-refractivity contribution is 5.40. The van der Waals surface area contributed by atoms with Crippen molar-refractivity contribution in [2.75, 3.05) is 25.0 Å². The molecule has 1 aliphatic rings. The molecule has 0 aromatic carbocycles. The molecule has 3 heterocycles. The summed E-state index contributed by atoms with van der Waals surface area (Å²) >= 11 is 0. The maximum atomic E-state index is 12.8. The van der Waals surface area contributed by atoms with Crippen LogP contribution in [0.25, 0.3) is 0 Å². The Kier molecular flexibility index (Phi) is 5.12. The SMILES string of the molecule is CN(c1cc(C(F)(F)F)ncn1)C1CCCN(Cc2cnccn2)C1. The molecule has 1 fully saturated rings. The van der Waals surface area contributed by atoms with Gasteiger partial charge in [-0.05, 0) is 19.4 Å². The second kappa shape index (κ2) is 7.30. The summed E-state index contributed by atoms with van der Waals surface area (Å²) in [4.78, 5) is 19.7. The highest BCUT2D eigenvalue weighted by Crippen LogP contribution is 2.29. The van der Waals surface area contributed by atoms with E-state index in [1.807, 2.05) is 0 Å². The minimum Gasteiger partial charge on any atom is -0.355 e. The lowest BCUT2D eigenvalue weighted by Crippen LogP contribution is -2.46. The molecule has 0 amide bonds. The molecular weight excluding hydrogens is 333 g/mol. The number of likely N-dealkylation sites (N-methyl/N-ethyl adjacent to an activating group) is 1. The molecule has 1 saturated heterocycles. The van der Waals surface area contributed by atoms with Gasteiger partial charge in [-0.25, -0.2) is 9.97 Å². The lowest BCUT2D eigenvalue weighted by molar-refractivity contribution is -0.141. The van der Waals surface area contributed by atoms with E-state index in [1.165, 1.54) is 0 Å². The predicted molar refractivity (Wildman–Crippen MR) is 85.8 cm³/mol. The Labute approximate surface area is 143 Å². The summed E-state index contributed by atoms with van der Waals surface area (Å²) in [5.74, 6) is 0.286. The number of rotatable bonds is 4. The molecule has 134 valence electrons. The standard InChI is InChI=1S/C16H19F3N6/c1-24(15-7-14(16(17,18)19)22-11-23-15)13-3-2-6-25(10-13)9-12-8-20-4-5-21-12/h4-5,7-8,11,13H,2-3,6,9-10H2,1H3. The minimum absolute atomic E-state index is 0.0846. The van der Waals surface area contributed by atoms with Crippen LogP contribution in [-0.4, -0.2) is 51.0 Å². The van der Waals surface area contributed by atoms with Crippen molar-refractivity contribution in [1.82, 2.24) is 24.8 Å². The van der Waals surface area contributed by atoms with Gasteiger partial charge in [0.15, 0.2) is 0 Å². The van der Waals surface area contributed by atoms with E-state index in [2.05, 4.69) is 24.8 Å². The number of anilines is 1. The zero-order valence-electron chi connectivity index (χ0n) is 13.8. The normalized spacial score (nSPS) is 19.0. The highest BCUT2D eigenvalue weighted by atomic mass is 19.4. The molecule has 0 aliphatic carbocycles. The van der Waals surface area contributed by atoms with E-state index in [4.69, 9.17) is 0 Å². The molecule has 0 N–H and O–H groups in total. The number of hydrogen-bond acceptors (Lipinski definition) is 6. The summed E-state index contributed by atoms with van der Waals surface area (Å²) in [6.07, 6.45) is 3.38. The minimum atomic E-state index is -4.47. The summed E-state index contributed by atoms with van der Waals surface area (Å²) in [7, 11) is 1.78. The molecule has 2 aromatic rings. The van der Waals surface area contributed by atoms with Crippen molar-refractivity contribution in [2.24, 2.45) is 0 Å². The zero-order valence-corrected chi connectivity index (χ0v) is 13.8. The van der Waals surface area contributed by atoms with E-state index < -0.39 is 11.9 Å². The number of halogens is 3. The van der Waals surface area contributed by atoms with Gasteiger partial charge in [0, 0.05) is 50.8 Å². The largest absolute Gasteiger partial charge is 0.433 e. The number of likely N-dealkylation sites (tertiary alicyclic amines) is 1. The van der Waals surface area contributed by atoms with Crippen molar-refractivity contribution in [3.8, 4) is 0 Å². The molecule has 2 aromatic heterocycles. The van der Waals surface area contributed by atoms with Crippen LogP contribution < -0.4 is 4.90 Å². The summed E-state index contributed by atoms with van der Waals surface area (Å²) in [6.45, 7) is 2.34. The van der Waals surface area contributed by atoms with E-state index in [1.54, 1.807) is 30.5 Å². The third-order valence-corrected chi connectivity index (χ3v) is 4.34. The maximum absolute atomic E-state index is 12.8. The van der Waals surface area contributed by atoms with Gasteiger partial charge < -0.3 is 4.90 Å². The highest BCUT2D eigenvalue weighted by Gasteiger charge is 2.33. The van der Waals surface area contributed by atoms with Crippen molar-refractivity contribution < 1.29 is 13.2 Å². The van der Waals surface area contributed by atoms with E-state index in [9.17, 15) is 13.2 Å². The van der Waals surface area contributed by atoms with Crippen molar-refractivity contribution in [1.29, 1.82) is 0 Å². The number of hydrogen-bond donors (Lipinski definition) is 0. The molecule has 0 radical (unpaired) electrons. The van der Waals surface area contributed by atoms with Crippen LogP contribution in [0.4, 0.5) is 19.0 Å². The third-order valence-electron chi connectivity index (χ3n) is 4.34. The van der Waals surface area contributed by atoms with Crippen molar-refractivity contribution in [3.63, 3.8) is 0 Å². The Morgan fingerprint density at radius 3 is 2.80 bits per heavy atom. The van der Waals surface area contributed by atoms with Gasteiger partial charge in [-0.2, -0.15) is 13.2 Å². The van der Waals surface area contributed by atoms with Gasteiger partial charge in [0.25, 0.3) is 0 Å². The quantitative estimate of drug-likeness (QED) is 0.842. The molecule has 1 aliphatic heterocycles. The smallest absolute Gasteiger partial charge is 0.355 e. The second-order valence-corrected chi connectivity index (χ2v) is 6.10. The van der Waals surface area contributed by atoms with Gasteiger partial charge in [0.2, 0.25) is 0 Å². The fraction of sp³-hybridized carbons (Fsp3) is 0.500. The number of nitrogens with zero attached hydrogens (tertiary/aromatic N) is 6.